The number of carbonyl (C=O) groups excluding carboxylic acids is 1. The molecule has 0 fully saturated rings. The van der Waals surface area contributed by atoms with Crippen LogP contribution in [-0.4, -0.2) is 23.7 Å². The molecule has 0 aromatic heterocycles. The van der Waals surface area contributed by atoms with E-state index in [0.717, 1.165) is 15.7 Å². The first-order chi connectivity index (χ1) is 9.86. The summed E-state index contributed by atoms with van der Waals surface area (Å²) in [4.78, 5) is 22.7. The van der Waals surface area contributed by atoms with Crippen LogP contribution in [0, 0.1) is 15.4 Å². The van der Waals surface area contributed by atoms with Crippen molar-refractivity contribution < 1.29 is 14.7 Å². The molecule has 0 saturated carbocycles. The summed E-state index contributed by atoms with van der Waals surface area (Å²) in [6.45, 7) is 4.45. The zero-order valence-electron chi connectivity index (χ0n) is 12.2. The Hall–Kier alpha value is -1.31. The van der Waals surface area contributed by atoms with E-state index in [1.165, 1.54) is 0 Å². The van der Waals surface area contributed by atoms with Crippen LogP contribution in [0.3, 0.4) is 0 Å². The number of carboxylic acid groups (broad SMARTS) is 1. The summed E-state index contributed by atoms with van der Waals surface area (Å²) in [5.74, 6) is -0.487. The van der Waals surface area contributed by atoms with Gasteiger partial charge in [0.15, 0.2) is 0 Å². The lowest BCUT2D eigenvalue weighted by Gasteiger charge is -2.18. The van der Waals surface area contributed by atoms with Crippen LogP contribution in [0.15, 0.2) is 24.3 Å². The molecule has 1 rings (SSSR count). The van der Waals surface area contributed by atoms with Crippen molar-refractivity contribution in [2.45, 2.75) is 26.7 Å². The number of aliphatic carboxylic acids is 1. The summed E-state index contributed by atoms with van der Waals surface area (Å²) >= 11 is 2.17. The summed E-state index contributed by atoms with van der Waals surface area (Å²) in [7, 11) is 0. The summed E-state index contributed by atoms with van der Waals surface area (Å²) in [6, 6.07) is 7.17. The van der Waals surface area contributed by atoms with E-state index in [1.54, 1.807) is 0 Å². The quantitative estimate of drug-likeness (QED) is 0.609. The van der Waals surface area contributed by atoms with Crippen LogP contribution in [0.4, 0.5) is 10.5 Å². The third-order valence-electron chi connectivity index (χ3n) is 2.90. The number of hydrogen-bond donors (Lipinski definition) is 3. The molecule has 0 heterocycles. The van der Waals surface area contributed by atoms with Gasteiger partial charge in [0, 0.05) is 22.2 Å². The minimum Gasteiger partial charge on any atom is -0.481 e. The molecule has 1 aromatic rings. The van der Waals surface area contributed by atoms with Crippen molar-refractivity contribution in [3.05, 3.63) is 27.8 Å². The SMILES string of the molecule is CC(C)C[C@H](CNC(=O)Nc1cccc(I)c1)CC(=O)O. The maximum absolute atomic E-state index is 11.8. The number of hydrogen-bond acceptors (Lipinski definition) is 2. The first kappa shape index (κ1) is 17.7. The van der Waals surface area contributed by atoms with Gasteiger partial charge in [-0.2, -0.15) is 0 Å². The van der Waals surface area contributed by atoms with Gasteiger partial charge in [0.05, 0.1) is 0 Å². The van der Waals surface area contributed by atoms with E-state index in [1.807, 2.05) is 38.1 Å². The van der Waals surface area contributed by atoms with E-state index in [0.29, 0.717) is 12.5 Å². The predicted octanol–water partition coefficient (Wildman–Crippen LogP) is 3.55. The van der Waals surface area contributed by atoms with Crippen LogP contribution in [-0.2, 0) is 4.79 Å². The van der Waals surface area contributed by atoms with Crippen LogP contribution in [0.2, 0.25) is 0 Å². The smallest absolute Gasteiger partial charge is 0.319 e. The van der Waals surface area contributed by atoms with E-state index in [9.17, 15) is 9.59 Å². The zero-order valence-corrected chi connectivity index (χ0v) is 14.4. The van der Waals surface area contributed by atoms with Crippen LogP contribution in [0.5, 0.6) is 0 Å². The monoisotopic (exact) mass is 404 g/mol. The fraction of sp³-hybridized carbons (Fsp3) is 0.467. The van der Waals surface area contributed by atoms with Crippen molar-refractivity contribution in [1.29, 1.82) is 0 Å². The van der Waals surface area contributed by atoms with Crippen LogP contribution < -0.4 is 10.6 Å². The van der Waals surface area contributed by atoms with Crippen molar-refractivity contribution in [1.82, 2.24) is 5.32 Å². The Bertz CT molecular complexity index is 492. The third kappa shape index (κ3) is 7.89. The molecule has 21 heavy (non-hydrogen) atoms. The Balaban J connectivity index is 2.47. The highest BCUT2D eigenvalue weighted by Gasteiger charge is 2.16. The maximum Gasteiger partial charge on any atom is 0.319 e. The topological polar surface area (TPSA) is 78.4 Å². The summed E-state index contributed by atoms with van der Waals surface area (Å²) in [6.07, 6.45) is 0.845. The Kier molecular flexibility index (Phi) is 7.49. The fourth-order valence-corrected chi connectivity index (χ4v) is 2.67. The molecule has 2 amide bonds. The number of urea groups is 1. The minimum atomic E-state index is -0.833. The normalized spacial score (nSPS) is 12.0. The average Bonchev–Trinajstić information content (AvgIpc) is 2.34. The molecule has 116 valence electrons. The molecule has 3 N–H and O–H groups in total. The molecule has 0 aliphatic rings. The molecule has 1 aromatic carbocycles. The number of nitrogens with one attached hydrogen (secondary N) is 2. The number of rotatable bonds is 7. The van der Waals surface area contributed by atoms with Gasteiger partial charge in [0.2, 0.25) is 0 Å². The number of amides is 2. The highest BCUT2D eigenvalue weighted by Crippen LogP contribution is 2.15. The van der Waals surface area contributed by atoms with Crippen molar-refractivity contribution in [3.8, 4) is 0 Å². The standard InChI is InChI=1S/C15H21IN2O3/c1-10(2)6-11(7-14(19)20)9-17-15(21)18-13-5-3-4-12(16)8-13/h3-5,8,10-11H,6-7,9H2,1-2H3,(H,19,20)(H2,17,18,21)/t11-/m0/s1. The average molecular weight is 404 g/mol. The molecule has 0 radical (unpaired) electrons. The van der Waals surface area contributed by atoms with Gasteiger partial charge < -0.3 is 15.7 Å². The molecule has 0 saturated heterocycles. The minimum absolute atomic E-state index is 0.0517. The number of benzene rings is 1. The molecule has 0 spiro atoms. The second-order valence-electron chi connectivity index (χ2n) is 5.44. The number of carbonyl (C=O) groups is 2. The van der Waals surface area contributed by atoms with Crippen molar-refractivity contribution in [2.24, 2.45) is 11.8 Å². The highest BCUT2D eigenvalue weighted by molar-refractivity contribution is 14.1. The van der Waals surface area contributed by atoms with Crippen molar-refractivity contribution in [2.75, 3.05) is 11.9 Å². The molecular formula is C15H21IN2O3. The first-order valence-corrected chi connectivity index (χ1v) is 7.97. The van der Waals surface area contributed by atoms with E-state index in [4.69, 9.17) is 5.11 Å². The first-order valence-electron chi connectivity index (χ1n) is 6.89. The molecule has 1 atom stereocenters. The third-order valence-corrected chi connectivity index (χ3v) is 3.57. The van der Waals surface area contributed by atoms with E-state index in [2.05, 4.69) is 33.2 Å². The van der Waals surface area contributed by atoms with Crippen LogP contribution >= 0.6 is 22.6 Å². The van der Waals surface area contributed by atoms with Gasteiger partial charge in [-0.3, -0.25) is 4.79 Å². The summed E-state index contributed by atoms with van der Waals surface area (Å²) < 4.78 is 1.04. The van der Waals surface area contributed by atoms with Crippen LogP contribution in [0.25, 0.3) is 0 Å². The lowest BCUT2D eigenvalue weighted by atomic mass is 9.94. The Morgan fingerprint density at radius 1 is 1.33 bits per heavy atom. The molecule has 6 heteroatoms. The lowest BCUT2D eigenvalue weighted by Crippen LogP contribution is -2.34. The largest absolute Gasteiger partial charge is 0.481 e. The second kappa shape index (κ2) is 8.86. The van der Waals surface area contributed by atoms with Gasteiger partial charge >= 0.3 is 12.0 Å². The lowest BCUT2D eigenvalue weighted by molar-refractivity contribution is -0.138. The fourth-order valence-electron chi connectivity index (χ4n) is 2.13. The molecule has 0 aliphatic carbocycles. The van der Waals surface area contributed by atoms with Gasteiger partial charge in [-0.05, 0) is 59.0 Å². The highest BCUT2D eigenvalue weighted by atomic mass is 127. The van der Waals surface area contributed by atoms with Gasteiger partial charge in [-0.25, -0.2) is 4.79 Å². The van der Waals surface area contributed by atoms with Gasteiger partial charge in [-0.15, -0.1) is 0 Å². The van der Waals surface area contributed by atoms with Gasteiger partial charge in [0.25, 0.3) is 0 Å². The maximum atomic E-state index is 11.8. The predicted molar refractivity (Wildman–Crippen MR) is 91.4 cm³/mol. The van der Waals surface area contributed by atoms with E-state index < -0.39 is 5.97 Å². The van der Waals surface area contributed by atoms with Crippen LogP contribution in [0.1, 0.15) is 26.7 Å². The molecule has 5 nitrogen and oxygen atoms in total. The molecular weight excluding hydrogens is 383 g/mol. The molecule has 0 bridgehead atoms. The number of halogens is 1. The number of anilines is 1. The molecule has 0 unspecified atom stereocenters. The van der Waals surface area contributed by atoms with Gasteiger partial charge in [-0.1, -0.05) is 19.9 Å². The van der Waals surface area contributed by atoms with Gasteiger partial charge in [0.1, 0.15) is 0 Å². The van der Waals surface area contributed by atoms with E-state index in [-0.39, 0.29) is 18.4 Å². The van der Waals surface area contributed by atoms with E-state index >= 15 is 0 Å². The Morgan fingerprint density at radius 3 is 2.62 bits per heavy atom. The van der Waals surface area contributed by atoms with Crippen molar-refractivity contribution >= 4 is 40.3 Å². The summed E-state index contributed by atoms with van der Waals surface area (Å²) in [5, 5.41) is 14.4. The Labute approximate surface area is 138 Å². The molecule has 0 aliphatic heterocycles. The zero-order chi connectivity index (χ0) is 15.8. The number of carboxylic acids is 1. The summed E-state index contributed by atoms with van der Waals surface area (Å²) in [5.41, 5.74) is 0.720. The van der Waals surface area contributed by atoms with Crippen molar-refractivity contribution in [3.63, 3.8) is 0 Å². The second-order valence-corrected chi connectivity index (χ2v) is 6.68. The Morgan fingerprint density at radius 2 is 2.05 bits per heavy atom.